The standard InChI is InChI=1S/2C26H26N2O.C7H14N2O.C6H7NO4.C5H12N2/c2*1-15-12-13-19-18(14-15)22-24-23(27-20-10-6-7-11-21(20)28-24)16-8-4-5-9-17(16)25(22)29-26(19,2)3;1-7(10)9-5-3-8(2)4-6-9;1-4(8)11-7-5(9)2-3-6(7)10;1-7-4-2-6-3-5-7/h2*4-11,15,18-19H,12-14H2,1-3H3;3-6H2,1-2H3;2-3H2,1H3;6H,2-5H2,1H3/t2*15-,18-,19-;;;/m00.../s1. The van der Waals surface area contributed by atoms with Crippen LogP contribution in [-0.4, -0.2) is 141 Å². The van der Waals surface area contributed by atoms with Crippen molar-refractivity contribution in [3.05, 3.63) is 108 Å². The van der Waals surface area contributed by atoms with Gasteiger partial charge in [-0.05, 0) is 115 Å². The molecule has 0 radical (unpaired) electrons. The smallest absolute Gasteiger partial charge is 0.330 e. The fourth-order valence-corrected chi connectivity index (χ4v) is 14.4. The van der Waals surface area contributed by atoms with Crippen molar-refractivity contribution < 1.29 is 33.5 Å². The molecule has 7 aliphatic rings. The lowest BCUT2D eigenvalue weighted by atomic mass is 9.64. The summed E-state index contributed by atoms with van der Waals surface area (Å²) in [4.78, 5) is 73.9. The first-order valence-electron chi connectivity index (χ1n) is 31.2. The summed E-state index contributed by atoms with van der Waals surface area (Å²) >= 11 is 0. The highest BCUT2D eigenvalue weighted by atomic mass is 16.7. The van der Waals surface area contributed by atoms with Gasteiger partial charge in [0.2, 0.25) is 5.91 Å². The van der Waals surface area contributed by atoms with Crippen molar-refractivity contribution in [3.8, 4) is 11.5 Å². The van der Waals surface area contributed by atoms with E-state index in [1.54, 1.807) is 6.92 Å². The van der Waals surface area contributed by atoms with Gasteiger partial charge in [-0.3, -0.25) is 14.4 Å². The van der Waals surface area contributed by atoms with Gasteiger partial charge in [0, 0.05) is 124 Å². The monoisotopic (exact) mass is 1160 g/mol. The number of hydroxylamine groups is 2. The van der Waals surface area contributed by atoms with Crippen LogP contribution in [0.4, 0.5) is 0 Å². The summed E-state index contributed by atoms with van der Waals surface area (Å²) in [7, 11) is 4.23. The molecule has 16 nitrogen and oxygen atoms in total. The Kier molecular flexibility index (Phi) is 17.6. The van der Waals surface area contributed by atoms with Gasteiger partial charge < -0.3 is 34.3 Å². The first-order valence-corrected chi connectivity index (χ1v) is 31.2. The maximum atomic E-state index is 10.8. The maximum Gasteiger partial charge on any atom is 0.330 e. The predicted molar refractivity (Wildman–Crippen MR) is 340 cm³/mol. The lowest BCUT2D eigenvalue weighted by molar-refractivity contribution is -0.195. The van der Waals surface area contributed by atoms with Crippen LogP contribution in [0.3, 0.4) is 0 Å². The molecular weight excluding hydrogens is 1080 g/mol. The molecule has 0 unspecified atom stereocenters. The molecule has 7 heterocycles. The summed E-state index contributed by atoms with van der Waals surface area (Å²) in [6, 6.07) is 33.5. The molecule has 6 atom stereocenters. The quantitative estimate of drug-likeness (QED) is 0.0934. The van der Waals surface area contributed by atoms with Crippen molar-refractivity contribution in [3.63, 3.8) is 0 Å². The van der Waals surface area contributed by atoms with Crippen LogP contribution >= 0.6 is 0 Å². The van der Waals surface area contributed by atoms with Crippen LogP contribution in [0.5, 0.6) is 11.5 Å². The number of fused-ring (bicyclic) bond motifs is 18. The Morgan fingerprint density at radius 3 is 1.27 bits per heavy atom. The third-order valence-corrected chi connectivity index (χ3v) is 19.0. The van der Waals surface area contributed by atoms with E-state index in [-0.39, 0.29) is 30.0 Å². The Labute approximate surface area is 505 Å². The number of carbonyl (C=O) groups is 4. The molecule has 0 bridgehead atoms. The Hall–Kier alpha value is -7.40. The number of hydrogen-bond acceptors (Lipinski definition) is 14. The van der Waals surface area contributed by atoms with Crippen LogP contribution in [0.1, 0.15) is 130 Å². The van der Waals surface area contributed by atoms with Crippen molar-refractivity contribution in [2.75, 3.05) is 66.5 Å². The summed E-state index contributed by atoms with van der Waals surface area (Å²) < 4.78 is 13.6. The minimum absolute atomic E-state index is 0.131. The number of hydrogen-bond donors (Lipinski definition) is 1. The maximum absolute atomic E-state index is 10.8. The van der Waals surface area contributed by atoms with Crippen LogP contribution in [0.2, 0.25) is 0 Å². The topological polar surface area (TPSA) is 173 Å². The number of aromatic nitrogens is 4. The first kappa shape index (κ1) is 60.3. The van der Waals surface area contributed by atoms with Crippen molar-refractivity contribution in [2.24, 2.45) is 23.7 Å². The minimum atomic E-state index is -0.659. The zero-order chi connectivity index (χ0) is 60.6. The summed E-state index contributed by atoms with van der Waals surface area (Å²) in [5.74, 6) is 4.15. The first-order chi connectivity index (χ1) is 41.3. The molecule has 2 aliphatic carbocycles. The lowest BCUT2D eigenvalue weighted by Gasteiger charge is -2.49. The summed E-state index contributed by atoms with van der Waals surface area (Å²) in [5, 5.41) is 8.40. The van der Waals surface area contributed by atoms with Crippen LogP contribution in [0.15, 0.2) is 97.1 Å². The summed E-state index contributed by atoms with van der Waals surface area (Å²) in [6.07, 6.45) is 7.66. The number of para-hydroxylation sites is 4. The number of nitrogens with one attached hydrogen (secondary N) is 1. The predicted octanol–water partition coefficient (Wildman–Crippen LogP) is 12.2. The van der Waals surface area contributed by atoms with Gasteiger partial charge in [0.05, 0.1) is 44.1 Å². The fraction of sp³-hybridized carbons (Fsp3) is 0.486. The highest BCUT2D eigenvalue weighted by molar-refractivity contribution is 6.12. The molecule has 6 aromatic carbocycles. The van der Waals surface area contributed by atoms with E-state index in [1.165, 1.54) is 73.5 Å². The number of likely N-dealkylation sites (N-methyl/N-ethyl adjacent to an activating group) is 2. The number of amides is 3. The molecular formula is C70H85N9O7. The minimum Gasteiger partial charge on any atom is -0.487 e. The zero-order valence-electron chi connectivity index (χ0n) is 52.0. The highest BCUT2D eigenvalue weighted by Crippen LogP contribution is 2.58. The summed E-state index contributed by atoms with van der Waals surface area (Å²) in [5.41, 5.74) is 10.2. The van der Waals surface area contributed by atoms with E-state index in [9.17, 15) is 19.2 Å². The van der Waals surface area contributed by atoms with Crippen LogP contribution in [0, 0.1) is 23.7 Å². The molecule has 15 rings (SSSR count). The van der Waals surface area contributed by atoms with Gasteiger partial charge in [-0.1, -0.05) is 99.5 Å². The largest absolute Gasteiger partial charge is 0.487 e. The molecule has 16 heteroatoms. The van der Waals surface area contributed by atoms with E-state index in [4.69, 9.17) is 29.4 Å². The van der Waals surface area contributed by atoms with E-state index in [1.807, 2.05) is 29.2 Å². The summed E-state index contributed by atoms with van der Waals surface area (Å²) in [6.45, 7) is 25.2. The normalized spacial score (nSPS) is 24.0. The van der Waals surface area contributed by atoms with Gasteiger partial charge in [0.25, 0.3) is 11.8 Å². The van der Waals surface area contributed by atoms with E-state index in [0.29, 0.717) is 28.7 Å². The number of benzene rings is 6. The van der Waals surface area contributed by atoms with Gasteiger partial charge in [0.1, 0.15) is 22.7 Å². The number of nitrogens with zero attached hydrogens (tertiary/aromatic N) is 8. The molecule has 2 saturated carbocycles. The molecule has 3 amide bonds. The molecule has 0 spiro atoms. The van der Waals surface area contributed by atoms with E-state index in [2.05, 4.69) is 148 Å². The van der Waals surface area contributed by atoms with Crippen LogP contribution < -0.4 is 14.8 Å². The highest BCUT2D eigenvalue weighted by Gasteiger charge is 2.49. The molecule has 86 heavy (non-hydrogen) atoms. The van der Waals surface area contributed by atoms with Crippen molar-refractivity contribution in [1.82, 2.24) is 45.0 Å². The fourth-order valence-electron chi connectivity index (χ4n) is 14.4. The molecule has 8 aromatic rings. The number of rotatable bonds is 1. The van der Waals surface area contributed by atoms with E-state index < -0.39 is 17.8 Å². The van der Waals surface area contributed by atoms with Crippen LogP contribution in [-0.2, 0) is 24.0 Å². The third-order valence-electron chi connectivity index (χ3n) is 19.0. The van der Waals surface area contributed by atoms with Crippen molar-refractivity contribution >= 4 is 89.4 Å². The Bertz CT molecular complexity index is 3640. The number of piperazine rings is 2. The third kappa shape index (κ3) is 12.4. The lowest BCUT2D eigenvalue weighted by Crippen LogP contribution is -2.46. The second kappa shape index (κ2) is 25.1. The van der Waals surface area contributed by atoms with Crippen molar-refractivity contribution in [1.29, 1.82) is 0 Å². The zero-order valence-corrected chi connectivity index (χ0v) is 52.0. The Morgan fingerprint density at radius 1 is 0.523 bits per heavy atom. The molecule has 1 N–H and O–H groups in total. The van der Waals surface area contributed by atoms with Gasteiger partial charge in [-0.15, -0.1) is 5.06 Å². The Balaban J connectivity index is 0.000000125. The second-order valence-corrected chi connectivity index (χ2v) is 26.1. The molecule has 2 aromatic heterocycles. The van der Waals surface area contributed by atoms with Crippen molar-refractivity contribution in [2.45, 2.75) is 130 Å². The number of carbonyl (C=O) groups excluding carboxylic acids is 4. The molecule has 5 aliphatic heterocycles. The van der Waals surface area contributed by atoms with Gasteiger partial charge in [-0.2, -0.15) is 0 Å². The second-order valence-electron chi connectivity index (χ2n) is 26.1. The Morgan fingerprint density at radius 2 is 0.895 bits per heavy atom. The average Bonchev–Trinajstić information content (AvgIpc) is 0.789. The number of ether oxygens (including phenoxy) is 2. The molecule has 452 valence electrons. The van der Waals surface area contributed by atoms with Crippen LogP contribution in [0.25, 0.3) is 65.7 Å². The van der Waals surface area contributed by atoms with E-state index in [0.717, 1.165) is 124 Å². The molecule has 3 saturated heterocycles. The van der Waals surface area contributed by atoms with Gasteiger partial charge >= 0.3 is 5.97 Å². The average molecular weight is 1160 g/mol. The van der Waals surface area contributed by atoms with Gasteiger partial charge in [-0.25, -0.2) is 24.7 Å². The van der Waals surface area contributed by atoms with Gasteiger partial charge in [0.15, 0.2) is 0 Å². The van der Waals surface area contributed by atoms with E-state index >= 15 is 0 Å². The SMILES string of the molecule is CC(=O)N1CCN(C)CC1.CC(=O)ON1C(=O)CCC1=O.CN1CCNCC1.C[C@H]1CC[C@H]2[C@H](C1)c1c(c3ccccc3c3nc4ccccc4nc13)OC2(C)C.C[C@H]1CC[C@H]2[C@H](C1)c1c(c3ccccc3c3nc4ccccc4nc13)OC2(C)C. The number of imide groups is 1. The molecule has 5 fully saturated rings.